The summed E-state index contributed by atoms with van der Waals surface area (Å²) in [7, 11) is 1.96. The molecular formula is C15H24N2OS. The lowest BCUT2D eigenvalue weighted by atomic mass is 10.1. The Hall–Kier alpha value is -1.00. The van der Waals surface area contributed by atoms with Crippen LogP contribution >= 0.6 is 11.8 Å². The van der Waals surface area contributed by atoms with Crippen LogP contribution in [0.4, 0.5) is 0 Å². The number of benzene rings is 1. The van der Waals surface area contributed by atoms with Crippen molar-refractivity contribution >= 4 is 17.7 Å². The second-order valence-corrected chi connectivity index (χ2v) is 6.07. The molecule has 1 unspecified atom stereocenters. The molecule has 19 heavy (non-hydrogen) atoms. The highest BCUT2D eigenvalue weighted by atomic mass is 32.2. The van der Waals surface area contributed by atoms with Crippen LogP contribution in [-0.4, -0.2) is 24.7 Å². The Kier molecular flexibility index (Phi) is 6.95. The van der Waals surface area contributed by atoms with Gasteiger partial charge < -0.3 is 10.6 Å². The molecule has 1 aromatic rings. The van der Waals surface area contributed by atoms with E-state index in [-0.39, 0.29) is 11.9 Å². The average Bonchev–Trinajstić information content (AvgIpc) is 2.37. The molecule has 0 radical (unpaired) electrons. The minimum Gasteiger partial charge on any atom is -0.354 e. The van der Waals surface area contributed by atoms with E-state index >= 15 is 0 Å². The molecule has 1 amide bonds. The van der Waals surface area contributed by atoms with Crippen LogP contribution in [0.5, 0.6) is 0 Å². The Labute approximate surface area is 120 Å². The Morgan fingerprint density at radius 1 is 1.21 bits per heavy atom. The molecule has 0 bridgehead atoms. The summed E-state index contributed by atoms with van der Waals surface area (Å²) in [5, 5.41) is 6.12. The molecule has 0 spiro atoms. The minimum absolute atomic E-state index is 0.128. The second-order valence-electron chi connectivity index (χ2n) is 4.90. The van der Waals surface area contributed by atoms with Gasteiger partial charge in [0.05, 0.1) is 0 Å². The predicted molar refractivity (Wildman–Crippen MR) is 82.5 cm³/mol. The zero-order chi connectivity index (χ0) is 14.3. The van der Waals surface area contributed by atoms with Crippen molar-refractivity contribution in [3.05, 3.63) is 29.8 Å². The highest BCUT2D eigenvalue weighted by molar-refractivity contribution is 7.99. The van der Waals surface area contributed by atoms with E-state index in [9.17, 15) is 4.79 Å². The maximum absolute atomic E-state index is 11.5. The van der Waals surface area contributed by atoms with Crippen LogP contribution in [-0.2, 0) is 4.79 Å². The normalized spacial score (nSPS) is 12.5. The number of rotatable bonds is 7. The lowest BCUT2D eigenvalue weighted by Gasteiger charge is -2.11. The summed E-state index contributed by atoms with van der Waals surface area (Å²) < 4.78 is 0. The monoisotopic (exact) mass is 280 g/mol. The van der Waals surface area contributed by atoms with Gasteiger partial charge in [-0.1, -0.05) is 12.1 Å². The molecule has 1 rings (SSSR count). The highest BCUT2D eigenvalue weighted by Gasteiger charge is 2.05. The summed E-state index contributed by atoms with van der Waals surface area (Å²) in [5.74, 6) is 0.947. The molecule has 0 aliphatic heterocycles. The summed E-state index contributed by atoms with van der Waals surface area (Å²) in [4.78, 5) is 12.7. The van der Waals surface area contributed by atoms with Crippen molar-refractivity contribution in [1.82, 2.24) is 10.6 Å². The highest BCUT2D eigenvalue weighted by Crippen LogP contribution is 2.21. The molecular weight excluding hydrogens is 256 g/mol. The van der Waals surface area contributed by atoms with E-state index in [0.29, 0.717) is 12.5 Å². The van der Waals surface area contributed by atoms with Gasteiger partial charge in [0.1, 0.15) is 0 Å². The van der Waals surface area contributed by atoms with Crippen LogP contribution in [0.3, 0.4) is 0 Å². The summed E-state index contributed by atoms with van der Waals surface area (Å²) in [5.41, 5.74) is 1.28. The molecule has 0 aromatic heterocycles. The topological polar surface area (TPSA) is 41.1 Å². The van der Waals surface area contributed by atoms with Gasteiger partial charge in [0, 0.05) is 29.2 Å². The van der Waals surface area contributed by atoms with Crippen LogP contribution in [0.1, 0.15) is 38.8 Å². The number of carbonyl (C=O) groups excluding carboxylic acids is 1. The van der Waals surface area contributed by atoms with Crippen molar-refractivity contribution in [1.29, 1.82) is 0 Å². The molecule has 2 N–H and O–H groups in total. The van der Waals surface area contributed by atoms with Gasteiger partial charge >= 0.3 is 0 Å². The minimum atomic E-state index is 0.128. The number of amides is 1. The Morgan fingerprint density at radius 3 is 2.37 bits per heavy atom. The van der Waals surface area contributed by atoms with Crippen LogP contribution in [0.2, 0.25) is 0 Å². The first-order valence-electron chi connectivity index (χ1n) is 6.72. The van der Waals surface area contributed by atoms with E-state index in [1.165, 1.54) is 10.5 Å². The lowest BCUT2D eigenvalue weighted by molar-refractivity contribution is -0.121. The molecule has 3 nitrogen and oxygen atoms in total. The van der Waals surface area contributed by atoms with Crippen molar-refractivity contribution in [2.75, 3.05) is 12.8 Å². The van der Waals surface area contributed by atoms with E-state index < -0.39 is 0 Å². The zero-order valence-corrected chi connectivity index (χ0v) is 13.0. The van der Waals surface area contributed by atoms with Crippen LogP contribution < -0.4 is 10.6 Å². The van der Waals surface area contributed by atoms with E-state index in [0.717, 1.165) is 5.75 Å². The van der Waals surface area contributed by atoms with Gasteiger partial charge in [-0.3, -0.25) is 4.79 Å². The Morgan fingerprint density at radius 2 is 1.84 bits per heavy atom. The van der Waals surface area contributed by atoms with Crippen LogP contribution in [0.15, 0.2) is 29.2 Å². The third-order valence-electron chi connectivity index (χ3n) is 2.86. The maximum atomic E-state index is 11.5. The first-order chi connectivity index (χ1) is 9.02. The zero-order valence-electron chi connectivity index (χ0n) is 12.2. The predicted octanol–water partition coefficient (Wildman–Crippen LogP) is 2.97. The fraction of sp³-hybridized carbons (Fsp3) is 0.533. The number of thioether (sulfide) groups is 1. The van der Waals surface area contributed by atoms with Gasteiger partial charge in [-0.25, -0.2) is 0 Å². The van der Waals surface area contributed by atoms with Crippen molar-refractivity contribution in [2.24, 2.45) is 0 Å². The van der Waals surface area contributed by atoms with Crippen molar-refractivity contribution in [3.63, 3.8) is 0 Å². The largest absolute Gasteiger partial charge is 0.354 e. The van der Waals surface area contributed by atoms with Gasteiger partial charge in [-0.15, -0.1) is 11.8 Å². The third kappa shape index (κ3) is 6.12. The molecule has 0 aliphatic rings. The number of carbonyl (C=O) groups is 1. The van der Waals surface area contributed by atoms with Crippen LogP contribution in [0, 0.1) is 0 Å². The number of hydrogen-bond donors (Lipinski definition) is 2. The first kappa shape index (κ1) is 16.1. The van der Waals surface area contributed by atoms with Gasteiger partial charge in [0.25, 0.3) is 0 Å². The molecule has 1 aromatic carbocycles. The van der Waals surface area contributed by atoms with Gasteiger partial charge in [0.15, 0.2) is 0 Å². The van der Waals surface area contributed by atoms with E-state index in [4.69, 9.17) is 0 Å². The molecule has 1 atom stereocenters. The maximum Gasteiger partial charge on any atom is 0.221 e. The summed E-state index contributed by atoms with van der Waals surface area (Å²) in [6, 6.07) is 9.10. The summed E-state index contributed by atoms with van der Waals surface area (Å²) in [6.07, 6.45) is 0.567. The molecule has 0 fully saturated rings. The molecule has 0 saturated heterocycles. The van der Waals surface area contributed by atoms with Crippen molar-refractivity contribution < 1.29 is 4.79 Å². The van der Waals surface area contributed by atoms with Crippen molar-refractivity contribution in [2.45, 2.75) is 44.2 Å². The van der Waals surface area contributed by atoms with E-state index in [2.05, 4.69) is 41.8 Å². The van der Waals surface area contributed by atoms with Gasteiger partial charge in [-0.05, 0) is 45.5 Å². The van der Waals surface area contributed by atoms with Gasteiger partial charge in [-0.2, -0.15) is 0 Å². The van der Waals surface area contributed by atoms with Crippen LogP contribution in [0.25, 0.3) is 0 Å². The summed E-state index contributed by atoms with van der Waals surface area (Å²) >= 11 is 1.72. The molecule has 0 heterocycles. The first-order valence-corrected chi connectivity index (χ1v) is 7.71. The van der Waals surface area contributed by atoms with Gasteiger partial charge in [0.2, 0.25) is 5.91 Å². The average molecular weight is 280 g/mol. The fourth-order valence-electron chi connectivity index (χ4n) is 1.68. The van der Waals surface area contributed by atoms with Crippen molar-refractivity contribution in [3.8, 4) is 0 Å². The fourth-order valence-corrected chi connectivity index (χ4v) is 2.53. The molecule has 4 heteroatoms. The summed E-state index contributed by atoms with van der Waals surface area (Å²) in [6.45, 7) is 6.10. The SMILES string of the molecule is CNC(C)c1ccc(SCCC(=O)NC(C)C)cc1. The molecule has 0 aliphatic carbocycles. The molecule has 0 saturated carbocycles. The number of hydrogen-bond acceptors (Lipinski definition) is 3. The Bertz CT molecular complexity index is 390. The Balaban J connectivity index is 2.36. The number of nitrogens with one attached hydrogen (secondary N) is 2. The van der Waals surface area contributed by atoms with E-state index in [1.54, 1.807) is 11.8 Å². The second kappa shape index (κ2) is 8.23. The van der Waals surface area contributed by atoms with E-state index in [1.807, 2.05) is 20.9 Å². The third-order valence-corrected chi connectivity index (χ3v) is 3.87. The quantitative estimate of drug-likeness (QED) is 0.755. The smallest absolute Gasteiger partial charge is 0.221 e. The lowest BCUT2D eigenvalue weighted by Crippen LogP contribution is -2.30. The molecule has 106 valence electrons. The standard InChI is InChI=1S/C15H24N2OS/c1-11(2)17-15(18)9-10-19-14-7-5-13(6-8-14)12(3)16-4/h5-8,11-12,16H,9-10H2,1-4H3,(H,17,18).